The highest BCUT2D eigenvalue weighted by Crippen LogP contribution is 2.56. The fourth-order valence-corrected chi connectivity index (χ4v) is 12.3. The third-order valence-electron chi connectivity index (χ3n) is 14.0. The molecule has 3 aliphatic rings. The van der Waals surface area contributed by atoms with Gasteiger partial charge < -0.3 is 0 Å². The maximum atomic E-state index is 14.8. The van der Waals surface area contributed by atoms with Crippen molar-refractivity contribution >= 4 is 0 Å². The van der Waals surface area contributed by atoms with Gasteiger partial charge in [0.2, 0.25) is 0 Å². The Labute approximate surface area is 313 Å². The minimum atomic E-state index is -0.406. The molecule has 0 N–H and O–H groups in total. The van der Waals surface area contributed by atoms with Crippen LogP contribution in [-0.2, 0) is 19.6 Å². The van der Waals surface area contributed by atoms with Crippen LogP contribution in [0.5, 0.6) is 0 Å². The maximum Gasteiger partial charge on any atom is 0.336 e. The summed E-state index contributed by atoms with van der Waals surface area (Å²) in [6, 6.07) is 0. The molecular formula is C45H81N3O3. The first kappa shape index (κ1) is 42.2. The fraction of sp³-hybridized carbons (Fsp3) is 0.933. The van der Waals surface area contributed by atoms with E-state index in [2.05, 4.69) is 125 Å². The Morgan fingerprint density at radius 1 is 0.412 bits per heavy atom. The van der Waals surface area contributed by atoms with Gasteiger partial charge in [0.15, 0.2) is 0 Å². The second-order valence-electron chi connectivity index (χ2n) is 25.5. The van der Waals surface area contributed by atoms with Crippen molar-refractivity contribution in [1.82, 2.24) is 13.7 Å². The van der Waals surface area contributed by atoms with Crippen molar-refractivity contribution in [3.63, 3.8) is 0 Å². The van der Waals surface area contributed by atoms with Crippen LogP contribution in [0.2, 0.25) is 0 Å². The second kappa shape index (κ2) is 13.0. The van der Waals surface area contributed by atoms with Crippen molar-refractivity contribution < 1.29 is 0 Å². The molecule has 294 valence electrons. The quantitative estimate of drug-likeness (QED) is 0.295. The van der Waals surface area contributed by atoms with E-state index in [1.807, 2.05) is 0 Å². The zero-order valence-electron chi connectivity index (χ0n) is 36.8. The van der Waals surface area contributed by atoms with E-state index >= 15 is 0 Å². The Hall–Kier alpha value is -1.59. The lowest BCUT2D eigenvalue weighted by Gasteiger charge is -2.51. The summed E-state index contributed by atoms with van der Waals surface area (Å²) in [7, 11) is 0. The second-order valence-corrected chi connectivity index (χ2v) is 25.5. The van der Waals surface area contributed by atoms with Crippen LogP contribution in [0.1, 0.15) is 182 Å². The number of hydrogen-bond acceptors (Lipinski definition) is 3. The molecule has 0 spiro atoms. The minimum absolute atomic E-state index is 0.0915. The third-order valence-corrected chi connectivity index (χ3v) is 14.0. The zero-order valence-corrected chi connectivity index (χ0v) is 36.8. The monoisotopic (exact) mass is 712 g/mol. The van der Waals surface area contributed by atoms with Crippen LogP contribution >= 0.6 is 0 Å². The molecule has 1 aromatic heterocycles. The molecule has 3 aliphatic carbocycles. The maximum absolute atomic E-state index is 14.8. The molecule has 0 aromatic carbocycles. The molecule has 6 nitrogen and oxygen atoms in total. The SMILES string of the molecule is CC1(C)CC(C(C)(C)C)CC(C)(Cn2c(=O)n(CC3(C)CC(C(C)(C)C)CC(C)(C)C3)c(=O)n(CC3(C)CC(C(C)(C)C)CC(C)(C)C3)c2=O)C1. The molecule has 51 heavy (non-hydrogen) atoms. The van der Waals surface area contributed by atoms with Gasteiger partial charge in [-0.05, 0) is 124 Å². The normalized spacial score (nSPS) is 34.4. The minimum Gasteiger partial charge on any atom is -0.247 e. The smallest absolute Gasteiger partial charge is 0.247 e. The molecule has 3 fully saturated rings. The topological polar surface area (TPSA) is 66.0 Å². The number of hydrogen-bond donors (Lipinski definition) is 0. The fourth-order valence-electron chi connectivity index (χ4n) is 12.3. The summed E-state index contributed by atoms with van der Waals surface area (Å²) in [6.07, 6.45) is 9.11. The van der Waals surface area contributed by atoms with Gasteiger partial charge in [0.25, 0.3) is 0 Å². The number of aromatic nitrogens is 3. The van der Waals surface area contributed by atoms with E-state index in [9.17, 15) is 14.4 Å². The Kier molecular flexibility index (Phi) is 10.8. The highest BCUT2D eigenvalue weighted by atomic mass is 16.2. The van der Waals surface area contributed by atoms with Crippen LogP contribution in [0.4, 0.5) is 0 Å². The lowest BCUT2D eigenvalue weighted by atomic mass is 9.55. The third kappa shape index (κ3) is 9.75. The van der Waals surface area contributed by atoms with Crippen molar-refractivity contribution in [3.8, 4) is 0 Å². The van der Waals surface area contributed by atoms with Gasteiger partial charge in [-0.2, -0.15) is 0 Å². The molecule has 0 bridgehead atoms. The molecular weight excluding hydrogens is 631 g/mol. The average molecular weight is 712 g/mol. The van der Waals surface area contributed by atoms with Gasteiger partial charge in [0.05, 0.1) is 0 Å². The summed E-state index contributed by atoms with van der Waals surface area (Å²) in [6.45, 7) is 42.9. The van der Waals surface area contributed by atoms with E-state index in [1.165, 1.54) is 13.7 Å². The lowest BCUT2D eigenvalue weighted by molar-refractivity contribution is -0.0130. The number of rotatable bonds is 6. The molecule has 6 atom stereocenters. The molecule has 0 amide bonds. The van der Waals surface area contributed by atoms with Gasteiger partial charge in [0.1, 0.15) is 0 Å². The van der Waals surface area contributed by atoms with Crippen molar-refractivity contribution in [2.24, 2.45) is 66.5 Å². The first-order valence-corrected chi connectivity index (χ1v) is 20.5. The molecule has 3 saturated carbocycles. The predicted molar refractivity (Wildman–Crippen MR) is 215 cm³/mol. The van der Waals surface area contributed by atoms with Gasteiger partial charge in [-0.25, -0.2) is 28.1 Å². The molecule has 6 unspecified atom stereocenters. The van der Waals surface area contributed by atoms with E-state index in [0.717, 1.165) is 57.8 Å². The van der Waals surface area contributed by atoms with E-state index in [1.54, 1.807) is 0 Å². The van der Waals surface area contributed by atoms with Gasteiger partial charge in [-0.1, -0.05) is 125 Å². The van der Waals surface area contributed by atoms with Gasteiger partial charge >= 0.3 is 17.1 Å². The van der Waals surface area contributed by atoms with E-state index in [0.29, 0.717) is 37.4 Å². The van der Waals surface area contributed by atoms with Gasteiger partial charge in [-0.15, -0.1) is 0 Å². The highest BCUT2D eigenvalue weighted by molar-refractivity contribution is 5.00. The summed E-state index contributed by atoms with van der Waals surface area (Å²) in [5, 5.41) is 0. The Balaban J connectivity index is 1.90. The Morgan fingerprint density at radius 3 is 0.784 bits per heavy atom. The van der Waals surface area contributed by atoms with E-state index in [-0.39, 0.29) is 48.7 Å². The van der Waals surface area contributed by atoms with Gasteiger partial charge in [-0.3, -0.25) is 0 Å². The first-order valence-electron chi connectivity index (χ1n) is 20.5. The molecule has 1 aromatic rings. The van der Waals surface area contributed by atoms with Crippen LogP contribution in [0.25, 0.3) is 0 Å². The highest BCUT2D eigenvalue weighted by Gasteiger charge is 2.49. The van der Waals surface area contributed by atoms with Crippen LogP contribution in [0.15, 0.2) is 14.4 Å². The van der Waals surface area contributed by atoms with Crippen molar-refractivity contribution in [3.05, 3.63) is 31.5 Å². The first-order chi connectivity index (χ1) is 22.6. The molecule has 0 radical (unpaired) electrons. The summed E-state index contributed by atoms with van der Waals surface area (Å²) in [4.78, 5) is 44.5. The summed E-state index contributed by atoms with van der Waals surface area (Å²) in [5.74, 6) is 1.43. The number of nitrogens with zero attached hydrogens (tertiary/aromatic N) is 3. The van der Waals surface area contributed by atoms with Gasteiger partial charge in [0, 0.05) is 19.6 Å². The molecule has 1 heterocycles. The van der Waals surface area contributed by atoms with Crippen LogP contribution < -0.4 is 17.1 Å². The van der Waals surface area contributed by atoms with Crippen LogP contribution in [0.3, 0.4) is 0 Å². The molecule has 0 aliphatic heterocycles. The largest absolute Gasteiger partial charge is 0.336 e. The summed E-state index contributed by atoms with van der Waals surface area (Å²) in [5.41, 5.74) is -1.30. The van der Waals surface area contributed by atoms with Crippen molar-refractivity contribution in [2.75, 3.05) is 0 Å². The Morgan fingerprint density at radius 2 is 0.608 bits per heavy atom. The molecule has 0 saturated heterocycles. The van der Waals surface area contributed by atoms with Crippen LogP contribution in [0, 0.1) is 66.5 Å². The molecule has 4 rings (SSSR count). The predicted octanol–water partition coefficient (Wildman–Crippen LogP) is 10.8. The lowest BCUT2D eigenvalue weighted by Crippen LogP contribution is -2.59. The van der Waals surface area contributed by atoms with E-state index < -0.39 is 17.1 Å². The molecule has 6 heteroatoms. The van der Waals surface area contributed by atoms with E-state index in [4.69, 9.17) is 0 Å². The average Bonchev–Trinajstić information content (AvgIpc) is 2.87. The zero-order chi connectivity index (χ0) is 39.2. The summed E-state index contributed by atoms with van der Waals surface area (Å²) >= 11 is 0. The van der Waals surface area contributed by atoms with Crippen LogP contribution in [-0.4, -0.2) is 13.7 Å². The standard InChI is InChI=1S/C45H81N3O3/c1-37(2,3)31-19-40(10,11)25-43(16,22-31)28-46-34(49)47(29-44(17)23-32(38(4,5)6)20-41(12,13)26-44)36(51)48(35(46)50)30-45(18)24-33(39(7,8)9)21-42(14,15)27-45/h31-33H,19-30H2,1-18H3. The summed E-state index contributed by atoms with van der Waals surface area (Å²) < 4.78 is 4.54. The van der Waals surface area contributed by atoms with Crippen molar-refractivity contribution in [1.29, 1.82) is 0 Å². The van der Waals surface area contributed by atoms with Crippen molar-refractivity contribution in [2.45, 2.75) is 202 Å². The Bertz CT molecular complexity index is 1400.